The van der Waals surface area contributed by atoms with E-state index in [1.807, 2.05) is 30.3 Å². The van der Waals surface area contributed by atoms with Gasteiger partial charge in [-0.05, 0) is 19.1 Å². The van der Waals surface area contributed by atoms with Crippen LogP contribution in [0.4, 0.5) is 0 Å². The van der Waals surface area contributed by atoms with Crippen LogP contribution in [0.2, 0.25) is 0 Å². The molecule has 1 amide bonds. The maximum absolute atomic E-state index is 11.8. The number of carbonyl (C=O) groups is 1. The summed E-state index contributed by atoms with van der Waals surface area (Å²) in [6, 6.07) is 9.74. The minimum absolute atomic E-state index is 0.104. The number of rotatable bonds is 6. The van der Waals surface area contributed by atoms with Gasteiger partial charge in [-0.15, -0.1) is 11.8 Å². The molecule has 0 aliphatic carbocycles. The predicted molar refractivity (Wildman–Crippen MR) is 83.0 cm³/mol. The van der Waals surface area contributed by atoms with Gasteiger partial charge >= 0.3 is 0 Å². The molecule has 2 N–H and O–H groups in total. The van der Waals surface area contributed by atoms with Gasteiger partial charge in [0.15, 0.2) is 0 Å². The van der Waals surface area contributed by atoms with Crippen molar-refractivity contribution in [3.05, 3.63) is 48.3 Å². The van der Waals surface area contributed by atoms with Crippen molar-refractivity contribution in [2.24, 2.45) is 7.05 Å². The molecule has 112 valence electrons. The van der Waals surface area contributed by atoms with E-state index in [1.165, 1.54) is 11.8 Å². The number of nitrogens with zero attached hydrogens (tertiary/aromatic N) is 2. The lowest BCUT2D eigenvalue weighted by Gasteiger charge is -2.22. The lowest BCUT2D eigenvalue weighted by Crippen LogP contribution is -2.39. The van der Waals surface area contributed by atoms with E-state index in [-0.39, 0.29) is 12.5 Å². The summed E-state index contributed by atoms with van der Waals surface area (Å²) in [7, 11) is 1.79. The van der Waals surface area contributed by atoms with Crippen LogP contribution in [0.3, 0.4) is 0 Å². The smallest absolute Gasteiger partial charge is 0.230 e. The summed E-state index contributed by atoms with van der Waals surface area (Å²) >= 11 is 1.47. The molecule has 6 heteroatoms. The Bertz CT molecular complexity index is 596. The van der Waals surface area contributed by atoms with Crippen LogP contribution in [0.25, 0.3) is 0 Å². The molecule has 1 heterocycles. The molecule has 0 bridgehead atoms. The number of benzene rings is 1. The Morgan fingerprint density at radius 1 is 1.43 bits per heavy atom. The van der Waals surface area contributed by atoms with E-state index in [1.54, 1.807) is 31.0 Å². The molecule has 0 aliphatic heterocycles. The topological polar surface area (TPSA) is 67.2 Å². The zero-order chi connectivity index (χ0) is 15.3. The van der Waals surface area contributed by atoms with Crippen molar-refractivity contribution in [1.82, 2.24) is 15.1 Å². The van der Waals surface area contributed by atoms with Crippen LogP contribution in [0.15, 0.2) is 47.6 Å². The van der Waals surface area contributed by atoms with Gasteiger partial charge in [0.1, 0.15) is 5.60 Å². The third-order valence-electron chi connectivity index (χ3n) is 3.07. The quantitative estimate of drug-likeness (QED) is 0.794. The fraction of sp³-hybridized carbons (Fsp3) is 0.333. The Balaban J connectivity index is 1.81. The molecule has 0 aliphatic rings. The molecule has 1 atom stereocenters. The maximum Gasteiger partial charge on any atom is 0.230 e. The molecule has 0 saturated carbocycles. The largest absolute Gasteiger partial charge is 0.383 e. The van der Waals surface area contributed by atoms with Crippen molar-refractivity contribution in [3.63, 3.8) is 0 Å². The molecule has 0 saturated heterocycles. The first-order valence-corrected chi connectivity index (χ1v) is 7.62. The molecule has 0 radical (unpaired) electrons. The molecule has 2 rings (SSSR count). The standard InChI is InChI=1S/C15H19N3O2S/c1-15(20,12-8-17-18(2)9-12)11-16-14(19)10-21-13-6-4-3-5-7-13/h3-9,20H,10-11H2,1-2H3,(H,16,19). The first-order chi connectivity index (χ1) is 9.97. The third kappa shape index (κ3) is 4.61. The highest BCUT2D eigenvalue weighted by molar-refractivity contribution is 8.00. The average molecular weight is 305 g/mol. The van der Waals surface area contributed by atoms with Gasteiger partial charge < -0.3 is 10.4 Å². The van der Waals surface area contributed by atoms with E-state index in [0.717, 1.165) is 4.90 Å². The highest BCUT2D eigenvalue weighted by Gasteiger charge is 2.25. The molecular formula is C15H19N3O2S. The molecule has 0 fully saturated rings. The Kier molecular flexibility index (Phi) is 5.03. The summed E-state index contributed by atoms with van der Waals surface area (Å²) in [6.45, 7) is 1.82. The van der Waals surface area contributed by atoms with Crippen LogP contribution in [0, 0.1) is 0 Å². The first kappa shape index (κ1) is 15.6. The highest BCUT2D eigenvalue weighted by atomic mass is 32.2. The number of aromatic nitrogens is 2. The molecule has 0 spiro atoms. The Hall–Kier alpha value is -1.79. The minimum atomic E-state index is -1.12. The molecule has 2 aromatic rings. The van der Waals surface area contributed by atoms with Crippen LogP contribution >= 0.6 is 11.8 Å². The van der Waals surface area contributed by atoms with Gasteiger partial charge in [-0.2, -0.15) is 5.10 Å². The normalized spacial score (nSPS) is 13.7. The van der Waals surface area contributed by atoms with E-state index in [2.05, 4.69) is 10.4 Å². The van der Waals surface area contributed by atoms with Gasteiger partial charge in [-0.1, -0.05) is 18.2 Å². The summed E-state index contributed by atoms with van der Waals surface area (Å²) in [4.78, 5) is 12.9. The van der Waals surface area contributed by atoms with Gasteiger partial charge in [-0.25, -0.2) is 0 Å². The summed E-state index contributed by atoms with van der Waals surface area (Å²) in [5, 5.41) is 17.1. The van der Waals surface area contributed by atoms with Crippen molar-refractivity contribution >= 4 is 17.7 Å². The summed E-state index contributed by atoms with van der Waals surface area (Å²) in [6.07, 6.45) is 3.34. The second kappa shape index (κ2) is 6.78. The van der Waals surface area contributed by atoms with E-state index >= 15 is 0 Å². The fourth-order valence-corrected chi connectivity index (χ4v) is 2.54. The van der Waals surface area contributed by atoms with E-state index in [4.69, 9.17) is 0 Å². The lowest BCUT2D eigenvalue weighted by atomic mass is 10.00. The maximum atomic E-state index is 11.8. The Labute approximate surface area is 128 Å². The van der Waals surface area contributed by atoms with E-state index < -0.39 is 5.60 Å². The zero-order valence-corrected chi connectivity index (χ0v) is 12.9. The van der Waals surface area contributed by atoms with Crippen molar-refractivity contribution < 1.29 is 9.90 Å². The molecular weight excluding hydrogens is 286 g/mol. The summed E-state index contributed by atoms with van der Waals surface area (Å²) < 4.78 is 1.62. The SMILES string of the molecule is Cn1cc(C(C)(O)CNC(=O)CSc2ccccc2)cn1. The molecule has 1 aromatic heterocycles. The van der Waals surface area contributed by atoms with Crippen molar-refractivity contribution in [1.29, 1.82) is 0 Å². The lowest BCUT2D eigenvalue weighted by molar-refractivity contribution is -0.119. The number of aryl methyl sites for hydroxylation is 1. The molecule has 1 unspecified atom stereocenters. The van der Waals surface area contributed by atoms with Crippen molar-refractivity contribution in [3.8, 4) is 0 Å². The number of nitrogens with one attached hydrogen (secondary N) is 1. The number of thioether (sulfide) groups is 1. The van der Waals surface area contributed by atoms with E-state index in [9.17, 15) is 9.90 Å². The second-order valence-corrected chi connectivity index (χ2v) is 6.10. The predicted octanol–water partition coefficient (Wildman–Crippen LogP) is 1.54. The number of carbonyl (C=O) groups excluding carboxylic acids is 1. The van der Waals surface area contributed by atoms with Gasteiger partial charge in [-0.3, -0.25) is 9.48 Å². The van der Waals surface area contributed by atoms with Crippen LogP contribution < -0.4 is 5.32 Å². The first-order valence-electron chi connectivity index (χ1n) is 6.63. The summed E-state index contributed by atoms with van der Waals surface area (Å²) in [5.74, 6) is 0.223. The number of hydrogen-bond acceptors (Lipinski definition) is 4. The molecule has 21 heavy (non-hydrogen) atoms. The molecule has 5 nitrogen and oxygen atoms in total. The zero-order valence-electron chi connectivity index (χ0n) is 12.1. The fourth-order valence-electron chi connectivity index (χ4n) is 1.79. The van der Waals surface area contributed by atoms with Gasteiger partial charge in [0.2, 0.25) is 5.91 Å². The van der Waals surface area contributed by atoms with E-state index in [0.29, 0.717) is 11.3 Å². The highest BCUT2D eigenvalue weighted by Crippen LogP contribution is 2.19. The number of hydrogen-bond donors (Lipinski definition) is 2. The van der Waals surface area contributed by atoms with Crippen molar-refractivity contribution in [2.45, 2.75) is 17.4 Å². The monoisotopic (exact) mass is 305 g/mol. The van der Waals surface area contributed by atoms with Gasteiger partial charge in [0, 0.05) is 23.7 Å². The third-order valence-corrected chi connectivity index (χ3v) is 4.08. The number of amides is 1. The van der Waals surface area contributed by atoms with Gasteiger partial charge in [0.05, 0.1) is 18.5 Å². The molecule has 1 aromatic carbocycles. The van der Waals surface area contributed by atoms with Crippen molar-refractivity contribution in [2.75, 3.05) is 12.3 Å². The number of aliphatic hydroxyl groups is 1. The van der Waals surface area contributed by atoms with Crippen LogP contribution in [-0.4, -0.2) is 33.1 Å². The van der Waals surface area contributed by atoms with Gasteiger partial charge in [0.25, 0.3) is 0 Å². The van der Waals surface area contributed by atoms with Crippen LogP contribution in [0.5, 0.6) is 0 Å². The minimum Gasteiger partial charge on any atom is -0.383 e. The van der Waals surface area contributed by atoms with Crippen LogP contribution in [0.1, 0.15) is 12.5 Å². The Morgan fingerprint density at radius 2 is 2.14 bits per heavy atom. The average Bonchev–Trinajstić information content (AvgIpc) is 2.92. The second-order valence-electron chi connectivity index (χ2n) is 5.05. The van der Waals surface area contributed by atoms with Crippen LogP contribution in [-0.2, 0) is 17.4 Å². The summed E-state index contributed by atoms with van der Waals surface area (Å²) in [5.41, 5.74) is -0.442. The Morgan fingerprint density at radius 3 is 2.76 bits per heavy atom.